The lowest BCUT2D eigenvalue weighted by atomic mass is 10.0. The quantitative estimate of drug-likeness (QED) is 0.746. The molecule has 3 aliphatic rings. The number of benzene rings is 2. The second-order valence-electron chi connectivity index (χ2n) is 8.81. The average molecular weight is 443 g/mol. The minimum Gasteiger partial charge on any atom is -0.387 e. The van der Waals surface area contributed by atoms with Crippen molar-refractivity contribution in [3.8, 4) is 0 Å². The van der Waals surface area contributed by atoms with E-state index in [1.807, 2.05) is 6.07 Å². The van der Waals surface area contributed by atoms with Crippen molar-refractivity contribution >= 4 is 17.2 Å². The van der Waals surface area contributed by atoms with Crippen molar-refractivity contribution in [3.63, 3.8) is 0 Å². The van der Waals surface area contributed by atoms with Gasteiger partial charge in [0.2, 0.25) is 5.91 Å². The summed E-state index contributed by atoms with van der Waals surface area (Å²) in [5.41, 5.74) is 7.21. The van der Waals surface area contributed by atoms with Crippen LogP contribution in [-0.2, 0) is 4.79 Å². The molecule has 6 nitrogen and oxygen atoms in total. The fourth-order valence-electron chi connectivity index (χ4n) is 4.68. The molecule has 2 aromatic rings. The number of amides is 1. The molecule has 0 spiro atoms. The maximum Gasteiger partial charge on any atom is 0.248 e. The highest BCUT2D eigenvalue weighted by molar-refractivity contribution is 5.78. The largest absolute Gasteiger partial charge is 0.387 e. The van der Waals surface area contributed by atoms with E-state index < -0.39 is 6.61 Å². The Kier molecular flexibility index (Phi) is 6.03. The third-order valence-electron chi connectivity index (χ3n) is 6.61. The van der Waals surface area contributed by atoms with Crippen LogP contribution in [0.2, 0.25) is 0 Å². The highest BCUT2D eigenvalue weighted by Gasteiger charge is 2.33. The van der Waals surface area contributed by atoms with Gasteiger partial charge in [-0.25, -0.2) is 0 Å². The summed E-state index contributed by atoms with van der Waals surface area (Å²) in [7, 11) is 0. The van der Waals surface area contributed by atoms with Crippen LogP contribution in [-0.4, -0.2) is 71.2 Å². The third kappa shape index (κ3) is 4.45. The monoisotopic (exact) mass is 442 g/mol. The molecule has 3 aliphatic heterocycles. The Bertz CT molecular complexity index is 1100. The molecule has 0 saturated carbocycles. The first-order valence-corrected chi connectivity index (χ1v) is 11.5. The molecular weight excluding hydrogens is 412 g/mol. The molecule has 5 rings (SSSR count). The van der Waals surface area contributed by atoms with E-state index in [1.165, 1.54) is 28.0 Å². The Morgan fingerprint density at radius 3 is 2.42 bits per heavy atom. The molecule has 33 heavy (non-hydrogen) atoms. The molecule has 1 fully saturated rings. The fourth-order valence-corrected chi connectivity index (χ4v) is 4.68. The van der Waals surface area contributed by atoms with Gasteiger partial charge in [-0.05, 0) is 29.7 Å². The van der Waals surface area contributed by atoms with E-state index in [0.717, 1.165) is 25.3 Å². The van der Waals surface area contributed by atoms with Crippen LogP contribution in [0.5, 0.6) is 0 Å². The van der Waals surface area contributed by atoms with Gasteiger partial charge in [0.25, 0.3) is 0 Å². The van der Waals surface area contributed by atoms with E-state index in [1.54, 1.807) is 4.90 Å². The van der Waals surface area contributed by atoms with Gasteiger partial charge in [-0.1, -0.05) is 66.2 Å². The second-order valence-corrected chi connectivity index (χ2v) is 8.81. The molecular formula is C27H30N4O2. The number of fused-ring (bicyclic) bond motifs is 1. The van der Waals surface area contributed by atoms with Gasteiger partial charge in [-0.3, -0.25) is 9.69 Å². The van der Waals surface area contributed by atoms with Gasteiger partial charge in [0.05, 0.1) is 11.4 Å². The Balaban J connectivity index is 1.44. The number of nitrogens with one attached hydrogen (secondary N) is 1. The van der Waals surface area contributed by atoms with Gasteiger partial charge in [0, 0.05) is 38.9 Å². The third-order valence-corrected chi connectivity index (χ3v) is 6.61. The highest BCUT2D eigenvalue weighted by Crippen LogP contribution is 2.34. The molecule has 0 bridgehead atoms. The van der Waals surface area contributed by atoms with E-state index in [4.69, 9.17) is 0 Å². The van der Waals surface area contributed by atoms with Crippen LogP contribution in [0.25, 0.3) is 11.3 Å². The number of aliphatic hydroxyl groups is 1. The van der Waals surface area contributed by atoms with Crippen molar-refractivity contribution in [2.24, 2.45) is 0 Å². The normalized spacial score (nSPS) is 20.5. The second kappa shape index (κ2) is 9.25. The first-order valence-electron chi connectivity index (χ1n) is 11.5. The summed E-state index contributed by atoms with van der Waals surface area (Å²) < 4.78 is 0. The Hall–Kier alpha value is -3.35. The Morgan fingerprint density at radius 1 is 1.00 bits per heavy atom. The number of carbonyl (C=O) groups excluding carboxylic acids is 1. The lowest BCUT2D eigenvalue weighted by molar-refractivity contribution is -0.135. The van der Waals surface area contributed by atoms with E-state index in [-0.39, 0.29) is 12.1 Å². The molecule has 1 amide bonds. The maximum absolute atomic E-state index is 11.9. The number of aliphatic hydroxyl groups excluding tert-OH is 1. The summed E-state index contributed by atoms with van der Waals surface area (Å²) in [5, 5.41) is 12.9. The average Bonchev–Trinajstić information content (AvgIpc) is 3.22. The van der Waals surface area contributed by atoms with E-state index in [0.29, 0.717) is 13.1 Å². The number of carbonyl (C=O) groups is 1. The fraction of sp³-hybridized carbons (Fsp3) is 0.296. The molecule has 3 heterocycles. The molecule has 6 heteroatoms. The summed E-state index contributed by atoms with van der Waals surface area (Å²) in [6.45, 7) is 5.36. The Labute approximate surface area is 195 Å². The number of rotatable bonds is 5. The summed E-state index contributed by atoms with van der Waals surface area (Å²) in [4.78, 5) is 18.3. The molecule has 1 atom stereocenters. The number of allylic oxidation sites excluding steroid dienone is 2. The van der Waals surface area contributed by atoms with Crippen molar-refractivity contribution in [1.82, 2.24) is 20.0 Å². The zero-order valence-corrected chi connectivity index (χ0v) is 18.9. The van der Waals surface area contributed by atoms with E-state index >= 15 is 0 Å². The molecule has 1 saturated heterocycles. The zero-order valence-electron chi connectivity index (χ0n) is 18.9. The van der Waals surface area contributed by atoms with Crippen molar-refractivity contribution < 1.29 is 9.90 Å². The molecule has 0 radical (unpaired) electrons. The first kappa shape index (κ1) is 21.5. The molecule has 1 unspecified atom stereocenters. The maximum atomic E-state index is 11.9. The highest BCUT2D eigenvalue weighted by atomic mass is 16.3. The number of aryl methyl sites for hydroxylation is 1. The molecule has 170 valence electrons. The van der Waals surface area contributed by atoms with E-state index in [9.17, 15) is 9.90 Å². The van der Waals surface area contributed by atoms with Gasteiger partial charge in [-0.2, -0.15) is 0 Å². The predicted molar refractivity (Wildman–Crippen MR) is 131 cm³/mol. The lowest BCUT2D eigenvalue weighted by Crippen LogP contribution is -2.50. The van der Waals surface area contributed by atoms with Crippen molar-refractivity contribution in [2.45, 2.75) is 13.1 Å². The number of piperazine rings is 1. The number of nitrogens with zero attached hydrogens (tertiary/aromatic N) is 3. The lowest BCUT2D eigenvalue weighted by Gasteiger charge is -2.36. The van der Waals surface area contributed by atoms with Crippen LogP contribution in [0, 0.1) is 6.92 Å². The predicted octanol–water partition coefficient (Wildman–Crippen LogP) is 2.64. The van der Waals surface area contributed by atoms with Crippen molar-refractivity contribution in [1.29, 1.82) is 0 Å². The summed E-state index contributed by atoms with van der Waals surface area (Å²) >= 11 is 0. The van der Waals surface area contributed by atoms with Crippen LogP contribution < -0.4 is 5.32 Å². The summed E-state index contributed by atoms with van der Waals surface area (Å²) in [6, 6.07) is 19.1. The molecule has 0 aromatic heterocycles. The van der Waals surface area contributed by atoms with Gasteiger partial charge in [0.1, 0.15) is 12.8 Å². The minimum absolute atomic E-state index is 0.0843. The standard InChI is InChI=1S/C27H30N4O2/c1-20-7-9-22(10-8-20)27-24(18-29-13-15-30(16-14-29)26(33)19-32)31-17-23(11-12-25(31)28-27)21-5-3-2-4-6-21/h2-12,17,25,28,32H,13-16,18-19H2,1H3. The van der Waals surface area contributed by atoms with Gasteiger partial charge in [0.15, 0.2) is 0 Å². The number of hydrogen-bond acceptors (Lipinski definition) is 5. The van der Waals surface area contributed by atoms with Crippen LogP contribution in [0.1, 0.15) is 16.7 Å². The molecule has 2 N–H and O–H groups in total. The topological polar surface area (TPSA) is 59.1 Å². The van der Waals surface area contributed by atoms with Gasteiger partial charge in [-0.15, -0.1) is 0 Å². The van der Waals surface area contributed by atoms with Crippen molar-refractivity contribution in [2.75, 3.05) is 39.3 Å². The van der Waals surface area contributed by atoms with Crippen LogP contribution >= 0.6 is 0 Å². The minimum atomic E-state index is -0.415. The number of hydrogen-bond donors (Lipinski definition) is 2. The van der Waals surface area contributed by atoms with Crippen LogP contribution in [0.15, 0.2) is 78.6 Å². The summed E-state index contributed by atoms with van der Waals surface area (Å²) in [5.74, 6) is -0.187. The SMILES string of the molecule is Cc1ccc(C2=C(CN3CCN(C(=O)CO)CC3)N3C=C(c4ccccc4)C=CC3N2)cc1. The summed E-state index contributed by atoms with van der Waals surface area (Å²) in [6.07, 6.45) is 6.75. The van der Waals surface area contributed by atoms with Crippen molar-refractivity contribution in [3.05, 3.63) is 95.3 Å². The smallest absolute Gasteiger partial charge is 0.248 e. The van der Waals surface area contributed by atoms with E-state index in [2.05, 4.69) is 88.9 Å². The zero-order chi connectivity index (χ0) is 22.8. The molecule has 0 aliphatic carbocycles. The van der Waals surface area contributed by atoms with Gasteiger partial charge >= 0.3 is 0 Å². The Morgan fingerprint density at radius 2 is 1.73 bits per heavy atom. The first-order chi connectivity index (χ1) is 16.1. The van der Waals surface area contributed by atoms with Crippen LogP contribution in [0.4, 0.5) is 0 Å². The van der Waals surface area contributed by atoms with Gasteiger partial charge < -0.3 is 20.2 Å². The molecule has 2 aromatic carbocycles. The van der Waals surface area contributed by atoms with Crippen LogP contribution in [0.3, 0.4) is 0 Å².